The highest BCUT2D eigenvalue weighted by atomic mass is 14.9. The molecule has 1 aliphatic rings. The van der Waals surface area contributed by atoms with E-state index in [9.17, 15) is 0 Å². The van der Waals surface area contributed by atoms with Gasteiger partial charge in [-0.1, -0.05) is 19.9 Å². The normalized spacial score (nSPS) is 19.7. The van der Waals surface area contributed by atoms with E-state index in [1.807, 2.05) is 6.20 Å². The van der Waals surface area contributed by atoms with Gasteiger partial charge in [-0.3, -0.25) is 0 Å². The Hall–Kier alpha value is -1.38. The van der Waals surface area contributed by atoms with Crippen molar-refractivity contribution in [2.45, 2.75) is 33.1 Å². The van der Waals surface area contributed by atoms with Crippen molar-refractivity contribution >= 4 is 11.4 Å². The molecule has 0 amide bonds. The number of hydrogen-bond acceptors (Lipinski definition) is 3. The Kier molecular flexibility index (Phi) is 2.47. The van der Waals surface area contributed by atoms with Crippen LogP contribution < -0.4 is 5.73 Å². The highest BCUT2D eigenvalue weighted by molar-refractivity contribution is 5.72. The first kappa shape index (κ1) is 10.1. The van der Waals surface area contributed by atoms with Gasteiger partial charge in [0.1, 0.15) is 12.1 Å². The second-order valence-corrected chi connectivity index (χ2v) is 4.92. The lowest BCUT2D eigenvalue weighted by Gasteiger charge is -2.28. The molecule has 2 rings (SSSR count). The van der Waals surface area contributed by atoms with Gasteiger partial charge in [-0.05, 0) is 30.3 Å². The largest absolute Gasteiger partial charge is 0.383 e. The molecule has 15 heavy (non-hydrogen) atoms. The van der Waals surface area contributed by atoms with Gasteiger partial charge in [0.25, 0.3) is 0 Å². The van der Waals surface area contributed by atoms with Crippen LogP contribution in [0.5, 0.6) is 0 Å². The molecule has 0 spiro atoms. The lowest BCUT2D eigenvalue weighted by Crippen LogP contribution is -2.14. The van der Waals surface area contributed by atoms with Gasteiger partial charge in [-0.2, -0.15) is 0 Å². The summed E-state index contributed by atoms with van der Waals surface area (Å²) >= 11 is 0. The predicted molar refractivity (Wildman–Crippen MR) is 62.1 cm³/mol. The monoisotopic (exact) mass is 203 g/mol. The summed E-state index contributed by atoms with van der Waals surface area (Å²) in [5.74, 6) is 0.593. The molecule has 1 heterocycles. The first-order valence-electron chi connectivity index (χ1n) is 5.33. The number of aromatic nitrogens is 2. The topological polar surface area (TPSA) is 51.8 Å². The second-order valence-electron chi connectivity index (χ2n) is 4.92. The minimum absolute atomic E-state index is 0.425. The van der Waals surface area contributed by atoms with Gasteiger partial charge < -0.3 is 5.73 Å². The van der Waals surface area contributed by atoms with E-state index in [1.165, 1.54) is 18.3 Å². The lowest BCUT2D eigenvalue weighted by atomic mass is 9.77. The molecule has 2 N–H and O–H groups in total. The fourth-order valence-corrected chi connectivity index (χ4v) is 1.91. The van der Waals surface area contributed by atoms with Gasteiger partial charge in [0, 0.05) is 11.8 Å². The molecule has 3 nitrogen and oxygen atoms in total. The van der Waals surface area contributed by atoms with Gasteiger partial charge >= 0.3 is 0 Å². The molecule has 1 aromatic rings. The average molecular weight is 203 g/mol. The standard InChI is InChI=1S/C12H17N3/c1-12(2)5-3-9(4-6-12)10-7-14-8-15-11(10)13/h3,7-8H,4-6H2,1-2H3,(H2,13,14,15). The third-order valence-electron chi connectivity index (χ3n) is 3.06. The van der Waals surface area contributed by atoms with Crippen LogP contribution in [0, 0.1) is 5.41 Å². The van der Waals surface area contributed by atoms with Crippen LogP contribution in [-0.4, -0.2) is 9.97 Å². The Morgan fingerprint density at radius 3 is 2.80 bits per heavy atom. The zero-order valence-electron chi connectivity index (χ0n) is 9.33. The average Bonchev–Trinajstić information content (AvgIpc) is 2.19. The van der Waals surface area contributed by atoms with Crippen LogP contribution in [0.25, 0.3) is 5.57 Å². The smallest absolute Gasteiger partial charge is 0.134 e. The Balaban J connectivity index is 2.27. The molecule has 80 valence electrons. The van der Waals surface area contributed by atoms with Gasteiger partial charge in [0.15, 0.2) is 0 Å². The van der Waals surface area contributed by atoms with E-state index in [0.717, 1.165) is 18.4 Å². The quantitative estimate of drug-likeness (QED) is 0.763. The number of hydrogen-bond donors (Lipinski definition) is 1. The zero-order chi connectivity index (χ0) is 10.9. The Morgan fingerprint density at radius 1 is 1.40 bits per heavy atom. The van der Waals surface area contributed by atoms with Crippen LogP contribution in [0.1, 0.15) is 38.7 Å². The van der Waals surface area contributed by atoms with Gasteiger partial charge in [-0.15, -0.1) is 0 Å². The maximum atomic E-state index is 5.83. The molecule has 0 unspecified atom stereocenters. The van der Waals surface area contributed by atoms with E-state index >= 15 is 0 Å². The van der Waals surface area contributed by atoms with E-state index in [0.29, 0.717) is 11.2 Å². The number of allylic oxidation sites excluding steroid dienone is 2. The van der Waals surface area contributed by atoms with Crippen LogP contribution in [0.3, 0.4) is 0 Å². The molecule has 3 heteroatoms. The third-order valence-corrected chi connectivity index (χ3v) is 3.06. The molecule has 0 radical (unpaired) electrons. The van der Waals surface area contributed by atoms with E-state index in [2.05, 4.69) is 29.9 Å². The molecule has 0 aliphatic heterocycles. The fraction of sp³-hybridized carbons (Fsp3) is 0.500. The highest BCUT2D eigenvalue weighted by Gasteiger charge is 2.22. The van der Waals surface area contributed by atoms with Gasteiger partial charge in [-0.25, -0.2) is 9.97 Å². The molecule has 0 atom stereocenters. The summed E-state index contributed by atoms with van der Waals surface area (Å²) < 4.78 is 0. The number of nitrogens with two attached hydrogens (primary N) is 1. The van der Waals surface area contributed by atoms with Crippen LogP contribution in [-0.2, 0) is 0 Å². The van der Waals surface area contributed by atoms with E-state index < -0.39 is 0 Å². The van der Waals surface area contributed by atoms with Gasteiger partial charge in [0.05, 0.1) is 0 Å². The molecular formula is C12H17N3. The Labute approximate surface area is 90.4 Å². The summed E-state index contributed by atoms with van der Waals surface area (Å²) in [7, 11) is 0. The number of anilines is 1. The summed E-state index contributed by atoms with van der Waals surface area (Å²) in [6.45, 7) is 4.59. The van der Waals surface area contributed by atoms with Crippen LogP contribution in [0.4, 0.5) is 5.82 Å². The van der Waals surface area contributed by atoms with Crippen LogP contribution in [0.15, 0.2) is 18.6 Å². The maximum absolute atomic E-state index is 5.83. The van der Waals surface area contributed by atoms with Crippen molar-refractivity contribution in [3.63, 3.8) is 0 Å². The van der Waals surface area contributed by atoms with Crippen LogP contribution >= 0.6 is 0 Å². The maximum Gasteiger partial charge on any atom is 0.134 e. The van der Waals surface area contributed by atoms with E-state index in [4.69, 9.17) is 5.73 Å². The zero-order valence-corrected chi connectivity index (χ0v) is 9.33. The SMILES string of the molecule is CC1(C)CC=C(c2cncnc2N)CC1. The highest BCUT2D eigenvalue weighted by Crippen LogP contribution is 2.38. The lowest BCUT2D eigenvalue weighted by molar-refractivity contribution is 0.335. The molecule has 0 fully saturated rings. The van der Waals surface area contributed by atoms with Crippen molar-refractivity contribution in [2.24, 2.45) is 5.41 Å². The second kappa shape index (κ2) is 3.65. The summed E-state index contributed by atoms with van der Waals surface area (Å²) in [6, 6.07) is 0. The first-order chi connectivity index (χ1) is 7.08. The van der Waals surface area contributed by atoms with Crippen molar-refractivity contribution in [1.29, 1.82) is 0 Å². The van der Waals surface area contributed by atoms with E-state index in [-0.39, 0.29) is 0 Å². The van der Waals surface area contributed by atoms with Crippen molar-refractivity contribution in [3.8, 4) is 0 Å². The van der Waals surface area contributed by atoms with Crippen molar-refractivity contribution in [2.75, 3.05) is 5.73 Å². The van der Waals surface area contributed by atoms with Crippen molar-refractivity contribution in [1.82, 2.24) is 9.97 Å². The molecule has 0 bridgehead atoms. The van der Waals surface area contributed by atoms with Crippen molar-refractivity contribution < 1.29 is 0 Å². The fourth-order valence-electron chi connectivity index (χ4n) is 1.91. The summed E-state index contributed by atoms with van der Waals surface area (Å²) in [4.78, 5) is 8.04. The minimum atomic E-state index is 0.425. The summed E-state index contributed by atoms with van der Waals surface area (Å²) in [5, 5.41) is 0. The number of nitrogens with zero attached hydrogens (tertiary/aromatic N) is 2. The molecule has 1 aromatic heterocycles. The molecule has 0 saturated heterocycles. The molecule has 1 aliphatic carbocycles. The third kappa shape index (κ3) is 2.17. The Morgan fingerprint density at radius 2 is 2.20 bits per heavy atom. The van der Waals surface area contributed by atoms with Crippen molar-refractivity contribution in [3.05, 3.63) is 24.2 Å². The number of nitrogen functional groups attached to an aromatic ring is 1. The van der Waals surface area contributed by atoms with E-state index in [1.54, 1.807) is 0 Å². The molecular weight excluding hydrogens is 186 g/mol. The molecule has 0 saturated carbocycles. The Bertz CT molecular complexity index is 394. The summed E-state index contributed by atoms with van der Waals surface area (Å²) in [5.41, 5.74) is 8.56. The molecule has 0 aromatic carbocycles. The summed E-state index contributed by atoms with van der Waals surface area (Å²) in [6.07, 6.45) is 8.96. The number of rotatable bonds is 1. The predicted octanol–water partition coefficient (Wildman–Crippen LogP) is 2.65. The van der Waals surface area contributed by atoms with Gasteiger partial charge in [0.2, 0.25) is 0 Å². The minimum Gasteiger partial charge on any atom is -0.383 e. The van der Waals surface area contributed by atoms with Crippen LogP contribution in [0.2, 0.25) is 0 Å². The first-order valence-corrected chi connectivity index (χ1v) is 5.33.